The molecule has 180 valence electrons. The van der Waals surface area contributed by atoms with Crippen molar-refractivity contribution >= 4 is 60.1 Å². The van der Waals surface area contributed by atoms with Crippen molar-refractivity contribution in [3.63, 3.8) is 0 Å². The van der Waals surface area contributed by atoms with E-state index in [0.717, 1.165) is 50.5 Å². The maximum Gasteiger partial charge on any atom is 0.173 e. The van der Waals surface area contributed by atoms with Gasteiger partial charge in [-0.15, -0.1) is 11.3 Å². The van der Waals surface area contributed by atoms with Gasteiger partial charge in [0, 0.05) is 37.0 Å². The topological polar surface area (TPSA) is 38.2 Å². The first-order valence-corrected chi connectivity index (χ1v) is 13.9. The van der Waals surface area contributed by atoms with Crippen molar-refractivity contribution in [2.45, 2.75) is 0 Å². The Bertz CT molecular complexity index is 1940. The van der Waals surface area contributed by atoms with Crippen LogP contribution in [0, 0.1) is 0 Å². The summed E-state index contributed by atoms with van der Waals surface area (Å²) in [5.41, 5.74) is 5.12. The summed E-state index contributed by atoms with van der Waals surface area (Å²) in [6.45, 7) is 0. The molecule has 0 atom stereocenters. The monoisotopic (exact) mass is 525 g/mol. The number of benzene rings is 5. The third-order valence-electron chi connectivity index (χ3n) is 6.84. The summed E-state index contributed by atoms with van der Waals surface area (Å²) >= 11 is 3.27. The Kier molecular flexibility index (Phi) is 4.83. The second-order valence-electron chi connectivity index (χ2n) is 9.16. The summed E-state index contributed by atoms with van der Waals surface area (Å²) in [6, 6.07) is 39.8. The zero-order chi connectivity index (χ0) is 25.1. The third kappa shape index (κ3) is 3.42. The number of para-hydroxylation sites is 4. The van der Waals surface area contributed by atoms with Gasteiger partial charge in [0.05, 0.1) is 11.4 Å². The fourth-order valence-corrected chi connectivity index (χ4v) is 6.85. The van der Waals surface area contributed by atoms with Crippen molar-refractivity contribution in [2.75, 3.05) is 4.90 Å². The first kappa shape index (κ1) is 21.6. The average molecular weight is 526 g/mol. The molecule has 2 aromatic heterocycles. The van der Waals surface area contributed by atoms with E-state index in [1.54, 1.807) is 0 Å². The number of fused-ring (bicyclic) bond motifs is 5. The van der Waals surface area contributed by atoms with E-state index in [1.807, 2.05) is 47.7 Å². The van der Waals surface area contributed by atoms with Crippen LogP contribution < -0.4 is 9.64 Å². The molecule has 5 aromatic carbocycles. The fraction of sp³-hybridized carbons (Fsp3) is 0. The van der Waals surface area contributed by atoms with Crippen LogP contribution in [-0.2, 0) is 0 Å². The molecule has 0 N–H and O–H groups in total. The van der Waals surface area contributed by atoms with Crippen LogP contribution in [0.5, 0.6) is 11.5 Å². The molecule has 38 heavy (non-hydrogen) atoms. The minimum absolute atomic E-state index is 0.733. The van der Waals surface area contributed by atoms with E-state index in [2.05, 4.69) is 83.8 Å². The molecule has 0 saturated carbocycles. The lowest BCUT2D eigenvalue weighted by Crippen LogP contribution is -2.15. The Hall–Kier alpha value is -4.52. The van der Waals surface area contributed by atoms with E-state index in [9.17, 15) is 0 Å². The van der Waals surface area contributed by atoms with Gasteiger partial charge in [0.15, 0.2) is 17.3 Å². The van der Waals surface area contributed by atoms with E-state index in [0.29, 0.717) is 0 Å². The number of hydrogen-bond acceptors (Lipinski definition) is 6. The number of rotatable bonds is 3. The van der Waals surface area contributed by atoms with Gasteiger partial charge < -0.3 is 9.64 Å². The first-order chi connectivity index (χ1) is 18.8. The van der Waals surface area contributed by atoms with E-state index >= 15 is 0 Å². The number of ether oxygens (including phenoxy) is 1. The Balaban J connectivity index is 1.20. The Morgan fingerprint density at radius 3 is 2.18 bits per heavy atom. The highest BCUT2D eigenvalue weighted by Crippen LogP contribution is 2.50. The maximum absolute atomic E-state index is 6.18. The molecule has 1 aliphatic heterocycles. The molecule has 7 aromatic rings. The van der Waals surface area contributed by atoms with Crippen molar-refractivity contribution in [2.24, 2.45) is 0 Å². The second-order valence-corrected chi connectivity index (χ2v) is 11.0. The van der Waals surface area contributed by atoms with Gasteiger partial charge in [-0.25, -0.2) is 4.98 Å². The van der Waals surface area contributed by atoms with Crippen LogP contribution in [0.15, 0.2) is 115 Å². The summed E-state index contributed by atoms with van der Waals surface area (Å²) in [7, 11) is 0. The summed E-state index contributed by atoms with van der Waals surface area (Å²) in [4.78, 5) is 7.20. The fourth-order valence-electron chi connectivity index (χ4n) is 5.08. The molecular weight excluding hydrogens is 507 g/mol. The largest absolute Gasteiger partial charge is 0.453 e. The Morgan fingerprint density at radius 2 is 1.34 bits per heavy atom. The summed E-state index contributed by atoms with van der Waals surface area (Å²) in [6.07, 6.45) is 0. The van der Waals surface area contributed by atoms with E-state index in [-0.39, 0.29) is 0 Å². The Morgan fingerprint density at radius 1 is 0.605 bits per heavy atom. The number of nitrogens with zero attached hydrogens (tertiary/aromatic N) is 3. The number of hydrogen-bond donors (Lipinski definition) is 0. The zero-order valence-corrected chi connectivity index (χ0v) is 21.7. The van der Waals surface area contributed by atoms with Gasteiger partial charge in [0.1, 0.15) is 5.01 Å². The van der Waals surface area contributed by atoms with Crippen LogP contribution in [0.2, 0.25) is 0 Å². The molecule has 0 spiro atoms. The van der Waals surface area contributed by atoms with Crippen LogP contribution in [0.4, 0.5) is 17.1 Å². The number of aromatic nitrogens is 2. The molecule has 0 amide bonds. The van der Waals surface area contributed by atoms with E-state index in [1.165, 1.54) is 31.7 Å². The van der Waals surface area contributed by atoms with Crippen molar-refractivity contribution in [3.05, 3.63) is 115 Å². The second kappa shape index (κ2) is 8.52. The number of anilines is 3. The number of thiophene rings is 1. The van der Waals surface area contributed by atoms with Gasteiger partial charge in [0.2, 0.25) is 0 Å². The molecule has 0 bridgehead atoms. The molecule has 0 fully saturated rings. The van der Waals surface area contributed by atoms with Gasteiger partial charge in [-0.1, -0.05) is 60.7 Å². The molecule has 8 rings (SSSR count). The molecule has 0 unspecified atom stereocenters. The van der Waals surface area contributed by atoms with Crippen molar-refractivity contribution in [3.8, 4) is 33.5 Å². The summed E-state index contributed by atoms with van der Waals surface area (Å²) in [5, 5.41) is 3.48. The normalized spacial score (nSPS) is 12.4. The summed E-state index contributed by atoms with van der Waals surface area (Å²) < 4.78 is 13.5. The van der Waals surface area contributed by atoms with Gasteiger partial charge in [0.25, 0.3) is 0 Å². The van der Waals surface area contributed by atoms with Crippen LogP contribution in [-0.4, -0.2) is 9.36 Å². The maximum atomic E-state index is 6.18. The smallest absolute Gasteiger partial charge is 0.173 e. The van der Waals surface area contributed by atoms with Gasteiger partial charge in [-0.3, -0.25) is 0 Å². The van der Waals surface area contributed by atoms with Crippen LogP contribution in [0.3, 0.4) is 0 Å². The van der Waals surface area contributed by atoms with Crippen molar-refractivity contribution < 1.29 is 4.74 Å². The average Bonchev–Trinajstić information content (AvgIpc) is 3.61. The van der Waals surface area contributed by atoms with E-state index < -0.39 is 0 Å². The minimum atomic E-state index is 0.733. The molecular formula is C32H19N3OS2. The molecule has 0 aliphatic carbocycles. The van der Waals surface area contributed by atoms with Crippen LogP contribution in [0.1, 0.15) is 0 Å². The molecule has 6 heteroatoms. The highest BCUT2D eigenvalue weighted by atomic mass is 32.1. The summed E-state index contributed by atoms with van der Waals surface area (Å²) in [5.74, 6) is 2.40. The standard InChI is InChI=1S/C32H19N3OS2/c1-6-15-29-23(10-1)24-19-21(16-17-30(24)37-29)32-33-31(34-38-32)20-8-7-9-22(18-20)35-25-11-2-4-13-27(25)36-28-14-5-3-12-26(28)35/h1-19H. The van der Waals surface area contributed by atoms with Gasteiger partial charge in [-0.05, 0) is 66.1 Å². The van der Waals surface area contributed by atoms with E-state index in [4.69, 9.17) is 14.1 Å². The molecule has 0 saturated heterocycles. The molecule has 0 radical (unpaired) electrons. The molecule has 1 aliphatic rings. The van der Waals surface area contributed by atoms with Crippen molar-refractivity contribution in [1.82, 2.24) is 9.36 Å². The van der Waals surface area contributed by atoms with Crippen LogP contribution in [0.25, 0.3) is 42.1 Å². The highest BCUT2D eigenvalue weighted by Gasteiger charge is 2.25. The SMILES string of the molecule is c1cc(-c2nsc(-c3ccc4sc5ccccc5c4c3)n2)cc(N2c3ccccc3Oc3ccccc32)c1. The van der Waals surface area contributed by atoms with Crippen molar-refractivity contribution in [1.29, 1.82) is 0 Å². The lowest BCUT2D eigenvalue weighted by atomic mass is 10.1. The predicted octanol–water partition coefficient (Wildman–Crippen LogP) is 9.82. The molecule has 4 nitrogen and oxygen atoms in total. The van der Waals surface area contributed by atoms with Crippen LogP contribution >= 0.6 is 22.9 Å². The third-order valence-corrected chi connectivity index (χ3v) is 8.76. The Labute approximate surface area is 227 Å². The lowest BCUT2D eigenvalue weighted by Gasteiger charge is -2.32. The predicted molar refractivity (Wildman–Crippen MR) is 158 cm³/mol. The first-order valence-electron chi connectivity index (χ1n) is 12.3. The van der Waals surface area contributed by atoms with Gasteiger partial charge in [-0.2, -0.15) is 4.37 Å². The quantitative estimate of drug-likeness (QED) is 0.230. The molecule has 3 heterocycles. The highest BCUT2D eigenvalue weighted by molar-refractivity contribution is 7.25. The lowest BCUT2D eigenvalue weighted by molar-refractivity contribution is 0.477. The minimum Gasteiger partial charge on any atom is -0.453 e. The zero-order valence-electron chi connectivity index (χ0n) is 20.0. The van der Waals surface area contributed by atoms with Gasteiger partial charge >= 0.3 is 0 Å².